The zero-order chi connectivity index (χ0) is 14.3. The summed E-state index contributed by atoms with van der Waals surface area (Å²) >= 11 is 0. The van der Waals surface area contributed by atoms with Crippen LogP contribution in [0.2, 0.25) is 0 Å². The van der Waals surface area contributed by atoms with Crippen LogP contribution in [0.15, 0.2) is 29.2 Å². The lowest BCUT2D eigenvalue weighted by Crippen LogP contribution is -2.32. The van der Waals surface area contributed by atoms with E-state index < -0.39 is 11.0 Å². The van der Waals surface area contributed by atoms with Gasteiger partial charge < -0.3 is 10.5 Å². The van der Waals surface area contributed by atoms with Crippen LogP contribution in [-0.4, -0.2) is 35.3 Å². The lowest BCUT2D eigenvalue weighted by atomic mass is 10.2. The summed E-state index contributed by atoms with van der Waals surface area (Å²) in [5.41, 5.74) is 5.54. The molecule has 0 radical (unpaired) electrons. The molecule has 1 aromatic rings. The van der Waals surface area contributed by atoms with Crippen LogP contribution in [0.3, 0.4) is 0 Å². The first kappa shape index (κ1) is 16.1. The topological polar surface area (TPSA) is 55.6 Å². The second-order valence-electron chi connectivity index (χ2n) is 4.85. The van der Waals surface area contributed by atoms with Crippen molar-refractivity contribution < 1.29 is 8.95 Å². The minimum atomic E-state index is -1.13. The highest BCUT2D eigenvalue weighted by Crippen LogP contribution is 2.17. The second-order valence-corrected chi connectivity index (χ2v) is 6.33. The zero-order valence-electron chi connectivity index (χ0n) is 12.0. The summed E-state index contributed by atoms with van der Waals surface area (Å²) in [7, 11) is 0.492. The first-order chi connectivity index (χ1) is 9.08. The highest BCUT2D eigenvalue weighted by atomic mass is 32.2. The fraction of sp³-hybridized carbons (Fsp3) is 0.571. The summed E-state index contributed by atoms with van der Waals surface area (Å²) in [6.45, 7) is 6.43. The molecule has 0 spiro atoms. The molecular weight excluding hydrogens is 260 g/mol. The van der Waals surface area contributed by atoms with Gasteiger partial charge in [0.25, 0.3) is 0 Å². The Bertz CT molecular complexity index is 393. The van der Waals surface area contributed by atoms with Crippen molar-refractivity contribution in [1.29, 1.82) is 0 Å². The summed E-state index contributed by atoms with van der Waals surface area (Å²) < 4.78 is 19.6. The smallest absolute Gasteiger partial charge is 0.127 e. The molecule has 0 aliphatic rings. The largest absolute Gasteiger partial charge is 0.497 e. The van der Waals surface area contributed by atoms with Gasteiger partial charge in [0.1, 0.15) is 16.7 Å². The van der Waals surface area contributed by atoms with Gasteiger partial charge >= 0.3 is 0 Å². The Morgan fingerprint density at radius 1 is 1.32 bits per heavy atom. The van der Waals surface area contributed by atoms with Gasteiger partial charge in [-0.3, -0.25) is 0 Å². The van der Waals surface area contributed by atoms with Crippen molar-refractivity contribution in [3.63, 3.8) is 0 Å². The average molecular weight is 284 g/mol. The van der Waals surface area contributed by atoms with Crippen LogP contribution >= 0.6 is 0 Å². The lowest BCUT2D eigenvalue weighted by Gasteiger charge is -2.22. The van der Waals surface area contributed by atoms with Crippen LogP contribution in [0.1, 0.15) is 20.3 Å². The minimum Gasteiger partial charge on any atom is -0.497 e. The van der Waals surface area contributed by atoms with Crippen LogP contribution in [0.4, 0.5) is 0 Å². The van der Waals surface area contributed by atoms with Gasteiger partial charge in [-0.25, -0.2) is 8.51 Å². The van der Waals surface area contributed by atoms with E-state index in [0.717, 1.165) is 30.2 Å². The summed E-state index contributed by atoms with van der Waals surface area (Å²) in [5.74, 6) is 1.25. The van der Waals surface area contributed by atoms with Crippen LogP contribution < -0.4 is 10.5 Å². The summed E-state index contributed by atoms with van der Waals surface area (Å²) in [5, 5.41) is 0. The molecule has 108 valence electrons. The maximum Gasteiger partial charge on any atom is 0.127 e. The molecule has 1 aromatic carbocycles. The molecule has 0 heterocycles. The van der Waals surface area contributed by atoms with Gasteiger partial charge in [-0.1, -0.05) is 13.8 Å². The number of ether oxygens (including phenoxy) is 1. The molecule has 5 heteroatoms. The Labute approximate surface area is 118 Å². The number of nitrogens with two attached hydrogens (primary N) is 1. The quantitative estimate of drug-likeness (QED) is 0.794. The van der Waals surface area contributed by atoms with Gasteiger partial charge in [-0.15, -0.1) is 0 Å². The monoisotopic (exact) mass is 284 g/mol. The number of benzene rings is 1. The van der Waals surface area contributed by atoms with Crippen LogP contribution in [0.25, 0.3) is 0 Å². The molecule has 2 N–H and O–H groups in total. The van der Waals surface area contributed by atoms with Crippen LogP contribution in [0.5, 0.6) is 5.75 Å². The predicted molar refractivity (Wildman–Crippen MR) is 79.5 cm³/mol. The van der Waals surface area contributed by atoms with Crippen molar-refractivity contribution >= 4 is 11.0 Å². The average Bonchev–Trinajstić information content (AvgIpc) is 2.42. The van der Waals surface area contributed by atoms with Gasteiger partial charge in [-0.05, 0) is 43.1 Å². The standard InChI is InChI=1S/C14H24N2O2S/c1-12(2)11-16(10-4-9-15)19(17)14-7-5-13(18-3)6-8-14/h5-8,12H,4,9-11,15H2,1-3H3. The number of hydrogen-bond acceptors (Lipinski definition) is 3. The SMILES string of the molecule is COc1ccc(S(=O)N(CCCN)CC(C)C)cc1. The second kappa shape index (κ2) is 8.30. The molecule has 1 atom stereocenters. The Balaban J connectivity index is 2.78. The van der Waals surface area contributed by atoms with Gasteiger partial charge in [0, 0.05) is 13.1 Å². The van der Waals surface area contributed by atoms with Gasteiger partial charge in [0.05, 0.1) is 12.0 Å². The molecule has 1 rings (SSSR count). The third-order valence-electron chi connectivity index (χ3n) is 2.68. The van der Waals surface area contributed by atoms with E-state index in [1.54, 1.807) is 7.11 Å². The summed E-state index contributed by atoms with van der Waals surface area (Å²) in [4.78, 5) is 0.804. The van der Waals surface area contributed by atoms with Gasteiger partial charge in [0.2, 0.25) is 0 Å². The van der Waals surface area contributed by atoms with Gasteiger partial charge in [0.15, 0.2) is 0 Å². The van der Waals surface area contributed by atoms with E-state index >= 15 is 0 Å². The van der Waals surface area contributed by atoms with Gasteiger partial charge in [-0.2, -0.15) is 0 Å². The molecule has 0 amide bonds. The molecule has 0 aromatic heterocycles. The third-order valence-corrected chi connectivity index (χ3v) is 4.15. The normalized spacial score (nSPS) is 12.9. The molecule has 0 saturated heterocycles. The molecule has 4 nitrogen and oxygen atoms in total. The van der Waals surface area contributed by atoms with Crippen molar-refractivity contribution in [2.75, 3.05) is 26.7 Å². The maximum absolute atomic E-state index is 12.5. The fourth-order valence-electron chi connectivity index (χ4n) is 1.76. The van der Waals surface area contributed by atoms with Crippen molar-refractivity contribution in [1.82, 2.24) is 4.31 Å². The molecule has 19 heavy (non-hydrogen) atoms. The first-order valence-corrected chi connectivity index (χ1v) is 7.70. The minimum absolute atomic E-state index is 0.472. The van der Waals surface area contributed by atoms with E-state index in [9.17, 15) is 4.21 Å². The molecule has 0 aliphatic carbocycles. The highest BCUT2D eigenvalue weighted by molar-refractivity contribution is 7.82. The van der Waals surface area contributed by atoms with Crippen LogP contribution in [0, 0.1) is 5.92 Å². The van der Waals surface area contributed by atoms with Crippen molar-refractivity contribution in [2.45, 2.75) is 25.2 Å². The van der Waals surface area contributed by atoms with E-state index in [2.05, 4.69) is 13.8 Å². The molecule has 1 unspecified atom stereocenters. The highest BCUT2D eigenvalue weighted by Gasteiger charge is 2.16. The Hall–Kier alpha value is -0.910. The predicted octanol–water partition coefficient (Wildman–Crippen LogP) is 2.02. The molecule has 0 saturated carbocycles. The Morgan fingerprint density at radius 3 is 2.42 bits per heavy atom. The third kappa shape index (κ3) is 5.30. The Morgan fingerprint density at radius 2 is 1.95 bits per heavy atom. The number of nitrogens with zero attached hydrogens (tertiary/aromatic N) is 1. The van der Waals surface area contributed by atoms with E-state index in [-0.39, 0.29) is 0 Å². The number of methoxy groups -OCH3 is 1. The fourth-order valence-corrected chi connectivity index (χ4v) is 3.15. The molecule has 0 aliphatic heterocycles. The zero-order valence-corrected chi connectivity index (χ0v) is 12.8. The maximum atomic E-state index is 12.5. The van der Waals surface area contributed by atoms with E-state index in [1.165, 1.54) is 0 Å². The van der Waals surface area contributed by atoms with E-state index in [4.69, 9.17) is 10.5 Å². The Kier molecular flexibility index (Phi) is 7.05. The van der Waals surface area contributed by atoms with Crippen molar-refractivity contribution in [3.05, 3.63) is 24.3 Å². The van der Waals surface area contributed by atoms with E-state index in [0.29, 0.717) is 12.5 Å². The first-order valence-electron chi connectivity index (χ1n) is 6.59. The summed E-state index contributed by atoms with van der Waals surface area (Å²) in [6, 6.07) is 7.38. The molecule has 0 fully saturated rings. The van der Waals surface area contributed by atoms with E-state index in [1.807, 2.05) is 28.6 Å². The van der Waals surface area contributed by atoms with Crippen LogP contribution in [-0.2, 0) is 11.0 Å². The van der Waals surface area contributed by atoms with Crippen molar-refractivity contribution in [3.8, 4) is 5.75 Å². The number of rotatable bonds is 8. The molecular formula is C14H24N2O2S. The van der Waals surface area contributed by atoms with Crippen molar-refractivity contribution in [2.24, 2.45) is 11.7 Å². The number of hydrogen-bond donors (Lipinski definition) is 1. The summed E-state index contributed by atoms with van der Waals surface area (Å²) in [6.07, 6.45) is 0.856. The lowest BCUT2D eigenvalue weighted by molar-refractivity contribution is 0.385. The molecule has 0 bridgehead atoms.